The molecule has 51 heavy (non-hydrogen) atoms. The fourth-order valence-electron chi connectivity index (χ4n) is 3.61. The highest BCUT2D eigenvalue weighted by Gasteiger charge is 2.27. The van der Waals surface area contributed by atoms with E-state index in [0.29, 0.717) is 65.8 Å². The number of ether oxygens (including phenoxy) is 5. The van der Waals surface area contributed by atoms with Gasteiger partial charge in [0.05, 0.1) is 52.9 Å². The van der Waals surface area contributed by atoms with Crippen molar-refractivity contribution >= 4 is 29.7 Å². The molecule has 0 heterocycles. The predicted molar refractivity (Wildman–Crippen MR) is 196 cm³/mol. The first-order valence-corrected chi connectivity index (χ1v) is 17.6. The Hall–Kier alpha value is -3.83. The summed E-state index contributed by atoms with van der Waals surface area (Å²) in [6.45, 7) is 17.2. The van der Waals surface area contributed by atoms with E-state index in [4.69, 9.17) is 40.9 Å². The van der Waals surface area contributed by atoms with Gasteiger partial charge in [-0.3, -0.25) is 19.2 Å². The van der Waals surface area contributed by atoms with E-state index in [-0.39, 0.29) is 43.8 Å². The lowest BCUT2D eigenvalue weighted by Crippen LogP contribution is -2.54. The Balaban J connectivity index is -0.00000127. The second-order valence-corrected chi connectivity index (χ2v) is 10.4. The summed E-state index contributed by atoms with van der Waals surface area (Å²) >= 11 is 0. The first kappa shape index (κ1) is 51.5. The van der Waals surface area contributed by atoms with Gasteiger partial charge < -0.3 is 56.8 Å². The number of hydrogen-bond donors (Lipinski definition) is 6. The highest BCUT2D eigenvalue weighted by atomic mass is 16.6. The van der Waals surface area contributed by atoms with Crippen LogP contribution in [0.1, 0.15) is 73.3 Å². The fourth-order valence-corrected chi connectivity index (χ4v) is 3.61. The molecular formula is C35H66N6O10. The van der Waals surface area contributed by atoms with Gasteiger partial charge in [0, 0.05) is 26.4 Å². The van der Waals surface area contributed by atoms with E-state index in [1.807, 2.05) is 58.0 Å². The molecule has 9 N–H and O–H groups in total. The molecular weight excluding hydrogens is 664 g/mol. The topological polar surface area (TPSA) is 246 Å². The van der Waals surface area contributed by atoms with Gasteiger partial charge >= 0.3 is 12.0 Å². The summed E-state index contributed by atoms with van der Waals surface area (Å²) in [6.07, 6.45) is 0.652. The van der Waals surface area contributed by atoms with Gasteiger partial charge in [-0.15, -0.1) is 0 Å². The average Bonchev–Trinajstić information content (AvgIpc) is 3.11. The molecule has 0 fully saturated rings. The summed E-state index contributed by atoms with van der Waals surface area (Å²) in [7, 11) is 0. The first-order chi connectivity index (χ1) is 24.5. The first-order valence-electron chi connectivity index (χ1n) is 17.6. The maximum absolute atomic E-state index is 12.7. The third kappa shape index (κ3) is 34.4. The van der Waals surface area contributed by atoms with Gasteiger partial charge in [0.15, 0.2) is 0 Å². The van der Waals surface area contributed by atoms with Crippen LogP contribution in [-0.4, -0.2) is 108 Å². The lowest BCUT2D eigenvalue weighted by atomic mass is 10.0. The number of urea groups is 1. The number of rotatable bonds is 25. The Morgan fingerprint density at radius 3 is 1.71 bits per heavy atom. The number of hydrogen-bond acceptors (Lipinski definition) is 11. The zero-order valence-electron chi connectivity index (χ0n) is 31.8. The Kier molecular flexibility index (Phi) is 37.8. The minimum Gasteiger partial charge on any atom is -0.461 e. The molecule has 2 unspecified atom stereocenters. The predicted octanol–water partition coefficient (Wildman–Crippen LogP) is 1.76. The van der Waals surface area contributed by atoms with Gasteiger partial charge in [-0.25, -0.2) is 4.79 Å². The van der Waals surface area contributed by atoms with Crippen LogP contribution in [0.3, 0.4) is 0 Å². The molecule has 0 radical (unpaired) electrons. The lowest BCUT2D eigenvalue weighted by Gasteiger charge is -2.24. The number of carbonyl (C=O) groups is 5. The van der Waals surface area contributed by atoms with Crippen molar-refractivity contribution in [2.45, 2.75) is 86.4 Å². The summed E-state index contributed by atoms with van der Waals surface area (Å²) < 4.78 is 26.0. The highest BCUT2D eigenvalue weighted by Crippen LogP contribution is 2.05. The van der Waals surface area contributed by atoms with E-state index in [0.717, 1.165) is 5.56 Å². The quantitative estimate of drug-likeness (QED) is 0.0625. The summed E-state index contributed by atoms with van der Waals surface area (Å²) in [5, 5.41) is 7.63. The van der Waals surface area contributed by atoms with Gasteiger partial charge in [-0.2, -0.15) is 0 Å². The number of benzene rings is 1. The fraction of sp³-hybridized carbons (Fsp3) is 0.686. The highest BCUT2D eigenvalue weighted by molar-refractivity contribution is 5.91. The molecule has 0 aliphatic carbocycles. The number of carbonyl (C=O) groups excluding carboxylic acids is 5. The zero-order valence-corrected chi connectivity index (χ0v) is 31.8. The van der Waals surface area contributed by atoms with Crippen molar-refractivity contribution < 1.29 is 47.7 Å². The van der Waals surface area contributed by atoms with Crippen LogP contribution >= 0.6 is 0 Å². The van der Waals surface area contributed by atoms with E-state index in [9.17, 15) is 24.0 Å². The van der Waals surface area contributed by atoms with Crippen molar-refractivity contribution in [3.05, 3.63) is 35.9 Å². The summed E-state index contributed by atoms with van der Waals surface area (Å²) in [6, 6.07) is 7.12. The molecule has 5 amide bonds. The molecule has 0 aliphatic rings. The molecule has 0 saturated carbocycles. The van der Waals surface area contributed by atoms with Gasteiger partial charge in [-0.1, -0.05) is 71.9 Å². The number of primary amides is 2. The maximum Gasteiger partial charge on any atom is 0.312 e. The Labute approximate surface area is 304 Å². The monoisotopic (exact) mass is 730 g/mol. The van der Waals surface area contributed by atoms with Crippen LogP contribution < -0.4 is 33.2 Å². The van der Waals surface area contributed by atoms with Gasteiger partial charge in [0.25, 0.3) is 0 Å². The molecule has 0 aliphatic heterocycles. The molecule has 0 aromatic heterocycles. The SMILES string of the molecule is CC.CC.CC(=O)OCc1ccccc1.CC(C)C(NC(=O)CCOCCOCCOCCOCCN)C(=O)NC(CCCNC(N)=O)C(N)=O. The van der Waals surface area contributed by atoms with E-state index in [1.54, 1.807) is 13.8 Å². The maximum atomic E-state index is 12.7. The Morgan fingerprint density at radius 2 is 1.25 bits per heavy atom. The molecule has 296 valence electrons. The largest absolute Gasteiger partial charge is 0.461 e. The molecule has 2 atom stereocenters. The van der Waals surface area contributed by atoms with E-state index in [2.05, 4.69) is 16.0 Å². The summed E-state index contributed by atoms with van der Waals surface area (Å²) in [5.74, 6) is -2.07. The van der Waals surface area contributed by atoms with Crippen molar-refractivity contribution in [3.8, 4) is 0 Å². The molecule has 0 spiro atoms. The van der Waals surface area contributed by atoms with E-state index < -0.39 is 29.9 Å². The number of nitrogens with one attached hydrogen (secondary N) is 3. The molecule has 0 saturated heterocycles. The van der Waals surface area contributed by atoms with Crippen LogP contribution in [0.2, 0.25) is 0 Å². The normalized spacial score (nSPS) is 11.2. The van der Waals surface area contributed by atoms with Crippen molar-refractivity contribution in [1.82, 2.24) is 16.0 Å². The van der Waals surface area contributed by atoms with Crippen molar-refractivity contribution in [2.24, 2.45) is 23.1 Å². The van der Waals surface area contributed by atoms with Gasteiger partial charge in [0.2, 0.25) is 17.7 Å². The minimum atomic E-state index is -0.941. The smallest absolute Gasteiger partial charge is 0.312 e. The summed E-state index contributed by atoms with van der Waals surface area (Å²) in [4.78, 5) is 57.8. The number of esters is 1. The Bertz CT molecular complexity index is 1020. The molecule has 1 aromatic rings. The van der Waals surface area contributed by atoms with Crippen LogP contribution in [0, 0.1) is 5.92 Å². The van der Waals surface area contributed by atoms with Gasteiger partial charge in [0.1, 0.15) is 18.7 Å². The molecule has 1 rings (SSSR count). The van der Waals surface area contributed by atoms with Crippen LogP contribution in [0.25, 0.3) is 0 Å². The van der Waals surface area contributed by atoms with Crippen LogP contribution in [-0.2, 0) is 49.5 Å². The third-order valence-electron chi connectivity index (χ3n) is 6.03. The molecule has 0 bridgehead atoms. The third-order valence-corrected chi connectivity index (χ3v) is 6.03. The molecule has 16 heteroatoms. The van der Waals surface area contributed by atoms with Crippen molar-refractivity contribution in [2.75, 3.05) is 65.9 Å². The number of amides is 5. The Morgan fingerprint density at radius 1 is 0.745 bits per heavy atom. The van der Waals surface area contributed by atoms with Crippen LogP contribution in [0.15, 0.2) is 30.3 Å². The zero-order chi connectivity index (χ0) is 39.3. The van der Waals surface area contributed by atoms with Crippen LogP contribution in [0.4, 0.5) is 4.79 Å². The summed E-state index contributed by atoms with van der Waals surface area (Å²) in [5.41, 5.74) is 16.7. The van der Waals surface area contributed by atoms with Gasteiger partial charge in [-0.05, 0) is 24.3 Å². The van der Waals surface area contributed by atoms with Crippen molar-refractivity contribution in [1.29, 1.82) is 0 Å². The molecule has 1 aromatic carbocycles. The second-order valence-electron chi connectivity index (χ2n) is 10.4. The van der Waals surface area contributed by atoms with Crippen LogP contribution in [0.5, 0.6) is 0 Å². The van der Waals surface area contributed by atoms with E-state index in [1.165, 1.54) is 6.92 Å². The minimum absolute atomic E-state index is 0.0560. The molecule has 16 nitrogen and oxygen atoms in total. The average molecular weight is 731 g/mol. The second kappa shape index (κ2) is 37.4. The van der Waals surface area contributed by atoms with E-state index >= 15 is 0 Å². The number of nitrogens with two attached hydrogens (primary N) is 3. The lowest BCUT2D eigenvalue weighted by molar-refractivity contribution is -0.142. The van der Waals surface area contributed by atoms with Crippen molar-refractivity contribution in [3.63, 3.8) is 0 Å². The standard InChI is InChI=1S/C22H44N6O8.C9H10O2.2C2H6/c1-16(2)19(21(31)27-17(20(24)30)4-3-7-26-22(25)32)28-18(29)5-8-33-10-12-35-14-15-36-13-11-34-9-6-23;1-8(10)11-7-9-5-3-2-4-6-9;2*1-2/h16-17,19H,3-15,23H2,1-2H3,(H2,24,30)(H,27,31)(H,28,29)(H3,25,26,32);2-6H,7H2,1H3;2*1-2H3.